The first-order valence-electron chi connectivity index (χ1n) is 3.15. The molecule has 0 aliphatic heterocycles. The SMILES string of the molecule is C.C.NC1CCCCC1. The highest BCUT2D eigenvalue weighted by Crippen LogP contribution is 2.14. The van der Waals surface area contributed by atoms with E-state index in [9.17, 15) is 0 Å². The molecule has 1 aliphatic rings. The third-order valence-corrected chi connectivity index (χ3v) is 1.65. The molecule has 1 rings (SSSR count). The molecule has 0 saturated heterocycles. The van der Waals surface area contributed by atoms with Crippen LogP contribution in [0.3, 0.4) is 0 Å². The van der Waals surface area contributed by atoms with Gasteiger partial charge >= 0.3 is 0 Å². The normalized spacial score (nSPS) is 19.7. The fourth-order valence-corrected chi connectivity index (χ4v) is 1.13. The Hall–Kier alpha value is -0.0400. The second-order valence-corrected chi connectivity index (χ2v) is 2.40. The van der Waals surface area contributed by atoms with Gasteiger partial charge in [-0.15, -0.1) is 0 Å². The topological polar surface area (TPSA) is 26.0 Å². The monoisotopic (exact) mass is 131 g/mol. The molecule has 0 aromatic rings. The molecule has 9 heavy (non-hydrogen) atoms. The van der Waals surface area contributed by atoms with Gasteiger partial charge in [0, 0.05) is 6.04 Å². The van der Waals surface area contributed by atoms with Crippen molar-refractivity contribution in [2.75, 3.05) is 0 Å². The lowest BCUT2D eigenvalue weighted by Gasteiger charge is -2.15. The summed E-state index contributed by atoms with van der Waals surface area (Å²) >= 11 is 0. The Morgan fingerprint density at radius 3 is 1.56 bits per heavy atom. The Kier molecular flexibility index (Phi) is 7.92. The minimum atomic E-state index is 0. The van der Waals surface area contributed by atoms with Gasteiger partial charge in [0.15, 0.2) is 0 Å². The molecular formula is C8H21N. The molecule has 0 amide bonds. The number of nitrogens with two attached hydrogens (primary N) is 1. The molecule has 0 spiro atoms. The molecule has 1 fully saturated rings. The van der Waals surface area contributed by atoms with Crippen LogP contribution >= 0.6 is 0 Å². The number of hydrogen-bond donors (Lipinski definition) is 1. The first-order chi connectivity index (χ1) is 3.39. The predicted molar refractivity (Wildman–Crippen MR) is 44.5 cm³/mol. The van der Waals surface area contributed by atoms with Crippen molar-refractivity contribution in [3.05, 3.63) is 0 Å². The Morgan fingerprint density at radius 2 is 1.33 bits per heavy atom. The molecule has 58 valence electrons. The smallest absolute Gasteiger partial charge is 0.00388 e. The van der Waals surface area contributed by atoms with E-state index in [1.807, 2.05) is 0 Å². The standard InChI is InChI=1S/C6H13N.2CH4/c7-6-4-2-1-3-5-6;;/h6H,1-5,7H2;2*1H4. The third kappa shape index (κ3) is 4.46. The fraction of sp³-hybridized carbons (Fsp3) is 1.00. The van der Waals surface area contributed by atoms with Crippen LogP contribution in [0.25, 0.3) is 0 Å². The van der Waals surface area contributed by atoms with Gasteiger partial charge in [-0.1, -0.05) is 34.1 Å². The van der Waals surface area contributed by atoms with Gasteiger partial charge in [0.2, 0.25) is 0 Å². The number of hydrogen-bond acceptors (Lipinski definition) is 1. The van der Waals surface area contributed by atoms with Crippen molar-refractivity contribution in [1.29, 1.82) is 0 Å². The maximum Gasteiger partial charge on any atom is 0.00388 e. The van der Waals surface area contributed by atoms with Gasteiger partial charge in [0.05, 0.1) is 0 Å². The van der Waals surface area contributed by atoms with Crippen molar-refractivity contribution < 1.29 is 0 Å². The second-order valence-electron chi connectivity index (χ2n) is 2.40. The summed E-state index contributed by atoms with van der Waals surface area (Å²) in [4.78, 5) is 0. The summed E-state index contributed by atoms with van der Waals surface area (Å²) in [6.07, 6.45) is 6.66. The van der Waals surface area contributed by atoms with Crippen molar-refractivity contribution in [1.82, 2.24) is 0 Å². The van der Waals surface area contributed by atoms with E-state index in [-0.39, 0.29) is 14.9 Å². The van der Waals surface area contributed by atoms with Crippen LogP contribution in [-0.2, 0) is 0 Å². The van der Waals surface area contributed by atoms with E-state index in [1.54, 1.807) is 0 Å². The zero-order chi connectivity index (χ0) is 5.11. The van der Waals surface area contributed by atoms with E-state index in [2.05, 4.69) is 0 Å². The molecule has 0 aromatic heterocycles. The van der Waals surface area contributed by atoms with Gasteiger partial charge in [-0.05, 0) is 12.8 Å². The van der Waals surface area contributed by atoms with E-state index in [4.69, 9.17) is 5.73 Å². The van der Waals surface area contributed by atoms with E-state index >= 15 is 0 Å². The molecule has 1 aliphatic carbocycles. The van der Waals surface area contributed by atoms with E-state index in [0.29, 0.717) is 6.04 Å². The van der Waals surface area contributed by atoms with Crippen LogP contribution in [0.2, 0.25) is 0 Å². The van der Waals surface area contributed by atoms with Gasteiger partial charge in [-0.25, -0.2) is 0 Å². The summed E-state index contributed by atoms with van der Waals surface area (Å²) in [6.45, 7) is 0. The van der Waals surface area contributed by atoms with Gasteiger partial charge in [-0.3, -0.25) is 0 Å². The van der Waals surface area contributed by atoms with Crippen LogP contribution in [0.15, 0.2) is 0 Å². The lowest BCUT2D eigenvalue weighted by Crippen LogP contribution is -2.22. The largest absolute Gasteiger partial charge is 0.328 e. The molecule has 0 radical (unpaired) electrons. The van der Waals surface area contributed by atoms with Crippen LogP contribution in [-0.4, -0.2) is 6.04 Å². The van der Waals surface area contributed by atoms with Crippen molar-refractivity contribution in [3.63, 3.8) is 0 Å². The summed E-state index contributed by atoms with van der Waals surface area (Å²) < 4.78 is 0. The van der Waals surface area contributed by atoms with Gasteiger partial charge in [0.1, 0.15) is 0 Å². The molecule has 0 atom stereocenters. The molecule has 1 nitrogen and oxygen atoms in total. The van der Waals surface area contributed by atoms with Crippen LogP contribution < -0.4 is 5.73 Å². The summed E-state index contributed by atoms with van der Waals surface area (Å²) in [5.74, 6) is 0. The van der Waals surface area contributed by atoms with Gasteiger partial charge in [0.25, 0.3) is 0 Å². The third-order valence-electron chi connectivity index (χ3n) is 1.65. The number of rotatable bonds is 0. The van der Waals surface area contributed by atoms with E-state index in [1.165, 1.54) is 32.1 Å². The average molecular weight is 131 g/mol. The predicted octanol–water partition coefficient (Wildman–Crippen LogP) is 2.55. The molecule has 1 heteroatoms. The van der Waals surface area contributed by atoms with E-state index < -0.39 is 0 Å². The Balaban J connectivity index is 0. The lowest BCUT2D eigenvalue weighted by molar-refractivity contribution is 0.441. The molecule has 0 unspecified atom stereocenters. The molecule has 1 saturated carbocycles. The van der Waals surface area contributed by atoms with Crippen molar-refractivity contribution >= 4 is 0 Å². The highest BCUT2D eigenvalue weighted by Gasteiger charge is 2.06. The van der Waals surface area contributed by atoms with E-state index in [0.717, 1.165) is 0 Å². The fourth-order valence-electron chi connectivity index (χ4n) is 1.13. The first-order valence-corrected chi connectivity index (χ1v) is 3.15. The maximum absolute atomic E-state index is 5.63. The van der Waals surface area contributed by atoms with Gasteiger partial charge < -0.3 is 5.73 Å². The first kappa shape index (κ1) is 11.7. The van der Waals surface area contributed by atoms with Crippen LogP contribution in [0.4, 0.5) is 0 Å². The average Bonchev–Trinajstić information content (AvgIpc) is 1.69. The molecule has 2 N–H and O–H groups in total. The van der Waals surface area contributed by atoms with Crippen LogP contribution in [0, 0.1) is 0 Å². The second kappa shape index (κ2) is 6.09. The van der Waals surface area contributed by atoms with Crippen molar-refractivity contribution in [2.24, 2.45) is 5.73 Å². The zero-order valence-corrected chi connectivity index (χ0v) is 4.69. The van der Waals surface area contributed by atoms with Crippen molar-refractivity contribution in [3.8, 4) is 0 Å². The Bertz CT molecular complexity index is 46.5. The summed E-state index contributed by atoms with van der Waals surface area (Å²) in [6, 6.07) is 0.536. The zero-order valence-electron chi connectivity index (χ0n) is 4.69. The lowest BCUT2D eigenvalue weighted by atomic mass is 9.97. The molecule has 0 heterocycles. The molecular weight excluding hydrogens is 110 g/mol. The summed E-state index contributed by atoms with van der Waals surface area (Å²) in [5, 5.41) is 0. The quantitative estimate of drug-likeness (QED) is 0.537. The molecule has 0 bridgehead atoms. The van der Waals surface area contributed by atoms with Gasteiger partial charge in [-0.2, -0.15) is 0 Å². The van der Waals surface area contributed by atoms with Crippen molar-refractivity contribution in [2.45, 2.75) is 53.0 Å². The summed E-state index contributed by atoms with van der Waals surface area (Å²) in [7, 11) is 0. The van der Waals surface area contributed by atoms with Crippen LogP contribution in [0.5, 0.6) is 0 Å². The van der Waals surface area contributed by atoms with Crippen LogP contribution in [0.1, 0.15) is 47.0 Å². The highest BCUT2D eigenvalue weighted by molar-refractivity contribution is 4.66. The minimum Gasteiger partial charge on any atom is -0.328 e. The summed E-state index contributed by atoms with van der Waals surface area (Å²) in [5.41, 5.74) is 5.63. The molecule has 0 aromatic carbocycles. The Labute approximate surface area is 59.6 Å². The maximum atomic E-state index is 5.63. The Morgan fingerprint density at radius 1 is 0.889 bits per heavy atom. The minimum absolute atomic E-state index is 0. The highest BCUT2D eigenvalue weighted by atomic mass is 14.6.